The van der Waals surface area contributed by atoms with Gasteiger partial charge in [0.1, 0.15) is 18.1 Å². The van der Waals surface area contributed by atoms with Crippen molar-refractivity contribution in [3.05, 3.63) is 35.9 Å². The normalized spacial score (nSPS) is 16.0. The van der Waals surface area contributed by atoms with Crippen LogP contribution in [0.15, 0.2) is 24.5 Å². The smallest absolute Gasteiger partial charge is 0.211 e. The quantitative estimate of drug-likeness (QED) is 0.810. The van der Waals surface area contributed by atoms with Crippen molar-refractivity contribution in [3.8, 4) is 5.75 Å². The van der Waals surface area contributed by atoms with Crippen LogP contribution in [0.3, 0.4) is 0 Å². The summed E-state index contributed by atoms with van der Waals surface area (Å²) in [5.74, 6) is 0.637. The van der Waals surface area contributed by atoms with Crippen molar-refractivity contribution in [2.24, 2.45) is 0 Å². The summed E-state index contributed by atoms with van der Waals surface area (Å²) in [4.78, 5) is 3.98. The SMILES string of the molecule is CS(=O)(=O)N1CCCn2nnc(COc3cccnc3)c2C1. The van der Waals surface area contributed by atoms with Crippen molar-refractivity contribution >= 4 is 10.0 Å². The Kier molecular flexibility index (Phi) is 4.08. The lowest BCUT2D eigenvalue weighted by atomic mass is 10.3. The first-order chi connectivity index (χ1) is 10.5. The van der Waals surface area contributed by atoms with Crippen molar-refractivity contribution in [1.29, 1.82) is 0 Å². The van der Waals surface area contributed by atoms with Crippen molar-refractivity contribution in [3.63, 3.8) is 0 Å². The van der Waals surface area contributed by atoms with E-state index in [4.69, 9.17) is 4.74 Å². The maximum atomic E-state index is 11.8. The van der Waals surface area contributed by atoms with Crippen molar-refractivity contribution in [2.45, 2.75) is 26.1 Å². The zero-order chi connectivity index (χ0) is 15.6. The molecule has 0 spiro atoms. The number of fused-ring (bicyclic) bond motifs is 1. The summed E-state index contributed by atoms with van der Waals surface area (Å²) in [6.07, 6.45) is 5.22. The molecule has 3 rings (SSSR count). The van der Waals surface area contributed by atoms with E-state index in [1.54, 1.807) is 29.2 Å². The molecule has 0 radical (unpaired) electrons. The van der Waals surface area contributed by atoms with Crippen molar-refractivity contribution < 1.29 is 13.2 Å². The molecule has 9 heteroatoms. The average Bonchev–Trinajstić information content (AvgIpc) is 2.73. The molecule has 0 aliphatic carbocycles. The zero-order valence-corrected chi connectivity index (χ0v) is 13.0. The van der Waals surface area contributed by atoms with E-state index in [1.807, 2.05) is 0 Å². The highest BCUT2D eigenvalue weighted by molar-refractivity contribution is 7.88. The Bertz CT molecular complexity index is 744. The third-order valence-corrected chi connectivity index (χ3v) is 4.75. The number of sulfonamides is 1. The summed E-state index contributed by atoms with van der Waals surface area (Å²) in [5.41, 5.74) is 1.44. The van der Waals surface area contributed by atoms with E-state index in [0.29, 0.717) is 31.0 Å². The molecule has 0 aromatic carbocycles. The fourth-order valence-electron chi connectivity index (χ4n) is 2.34. The van der Waals surface area contributed by atoms with Gasteiger partial charge < -0.3 is 4.74 Å². The molecular weight excluding hydrogens is 306 g/mol. The Labute approximate surface area is 128 Å². The van der Waals surface area contributed by atoms with Crippen LogP contribution >= 0.6 is 0 Å². The lowest BCUT2D eigenvalue weighted by molar-refractivity contribution is 0.297. The van der Waals surface area contributed by atoms with Gasteiger partial charge in [0, 0.05) is 19.3 Å². The van der Waals surface area contributed by atoms with Gasteiger partial charge in [-0.25, -0.2) is 13.1 Å². The van der Waals surface area contributed by atoms with Crippen LogP contribution in [-0.2, 0) is 29.7 Å². The van der Waals surface area contributed by atoms with Crippen LogP contribution in [0.25, 0.3) is 0 Å². The van der Waals surface area contributed by atoms with Crippen LogP contribution in [0, 0.1) is 0 Å². The molecule has 1 aliphatic rings. The Balaban J connectivity index is 1.79. The summed E-state index contributed by atoms with van der Waals surface area (Å²) >= 11 is 0. The lowest BCUT2D eigenvalue weighted by Crippen LogP contribution is -2.30. The molecule has 0 saturated carbocycles. The molecule has 0 amide bonds. The number of ether oxygens (including phenoxy) is 1. The fourth-order valence-corrected chi connectivity index (χ4v) is 3.16. The number of aryl methyl sites for hydroxylation is 1. The summed E-state index contributed by atoms with van der Waals surface area (Å²) in [7, 11) is -3.24. The van der Waals surface area contributed by atoms with Crippen LogP contribution in [0.5, 0.6) is 5.75 Å². The van der Waals surface area contributed by atoms with Crippen LogP contribution in [0.1, 0.15) is 17.8 Å². The Morgan fingerprint density at radius 2 is 2.23 bits per heavy atom. The second-order valence-corrected chi connectivity index (χ2v) is 7.12. The maximum Gasteiger partial charge on any atom is 0.211 e. The van der Waals surface area contributed by atoms with E-state index in [-0.39, 0.29) is 13.2 Å². The van der Waals surface area contributed by atoms with Crippen LogP contribution in [0.2, 0.25) is 0 Å². The highest BCUT2D eigenvalue weighted by atomic mass is 32.2. The Morgan fingerprint density at radius 1 is 1.36 bits per heavy atom. The summed E-state index contributed by atoms with van der Waals surface area (Å²) in [6, 6.07) is 3.59. The molecule has 0 bridgehead atoms. The monoisotopic (exact) mass is 323 g/mol. The largest absolute Gasteiger partial charge is 0.486 e. The Hall–Kier alpha value is -2.00. The molecule has 0 atom stereocenters. The van der Waals surface area contributed by atoms with Gasteiger partial charge in [0.2, 0.25) is 10.0 Å². The molecule has 0 saturated heterocycles. The summed E-state index contributed by atoms with van der Waals surface area (Å²) < 4.78 is 32.4. The fraction of sp³-hybridized carbons (Fsp3) is 0.462. The van der Waals surface area contributed by atoms with Gasteiger partial charge in [0.25, 0.3) is 0 Å². The van der Waals surface area contributed by atoms with Gasteiger partial charge in [-0.3, -0.25) is 4.98 Å². The first-order valence-electron chi connectivity index (χ1n) is 6.93. The number of aromatic nitrogens is 4. The van der Waals surface area contributed by atoms with Gasteiger partial charge in [-0.05, 0) is 18.6 Å². The number of rotatable bonds is 4. The molecule has 22 heavy (non-hydrogen) atoms. The maximum absolute atomic E-state index is 11.8. The number of hydrogen-bond donors (Lipinski definition) is 0. The van der Waals surface area contributed by atoms with Gasteiger partial charge in [-0.1, -0.05) is 5.21 Å². The van der Waals surface area contributed by atoms with Crippen molar-refractivity contribution in [1.82, 2.24) is 24.3 Å². The third-order valence-electron chi connectivity index (χ3n) is 3.50. The predicted octanol–water partition coefficient (Wildman–Crippen LogP) is 0.417. The first-order valence-corrected chi connectivity index (χ1v) is 8.78. The molecule has 0 fully saturated rings. The second-order valence-electron chi connectivity index (χ2n) is 5.13. The number of nitrogens with zero attached hydrogens (tertiary/aromatic N) is 5. The molecule has 0 N–H and O–H groups in total. The molecule has 1 aliphatic heterocycles. The zero-order valence-electron chi connectivity index (χ0n) is 12.2. The van der Waals surface area contributed by atoms with E-state index in [0.717, 1.165) is 5.69 Å². The standard InChI is InChI=1S/C13H17N5O3S/c1-22(19,20)17-6-3-7-18-13(9-17)12(15-16-18)10-21-11-4-2-5-14-8-11/h2,4-5,8H,3,6-7,9-10H2,1H3. The van der Waals surface area contributed by atoms with Gasteiger partial charge in [-0.2, -0.15) is 4.31 Å². The van der Waals surface area contributed by atoms with Gasteiger partial charge in [0.15, 0.2) is 0 Å². The third kappa shape index (κ3) is 3.25. The van der Waals surface area contributed by atoms with E-state index < -0.39 is 10.0 Å². The van der Waals surface area contributed by atoms with Crippen LogP contribution < -0.4 is 4.74 Å². The minimum atomic E-state index is -3.24. The molecule has 2 aromatic heterocycles. The van der Waals surface area contributed by atoms with Crippen LogP contribution in [-0.4, -0.2) is 45.5 Å². The minimum Gasteiger partial charge on any atom is -0.486 e. The highest BCUT2D eigenvalue weighted by Crippen LogP contribution is 2.18. The number of pyridine rings is 1. The molecule has 118 valence electrons. The minimum absolute atomic E-state index is 0.235. The van der Waals surface area contributed by atoms with Crippen molar-refractivity contribution in [2.75, 3.05) is 12.8 Å². The molecule has 0 unspecified atom stereocenters. The van der Waals surface area contributed by atoms with Gasteiger partial charge in [0.05, 0.1) is 24.7 Å². The second kappa shape index (κ2) is 6.01. The topological polar surface area (TPSA) is 90.2 Å². The van der Waals surface area contributed by atoms with E-state index in [1.165, 1.54) is 10.6 Å². The lowest BCUT2D eigenvalue weighted by Gasteiger charge is -2.16. The predicted molar refractivity (Wildman–Crippen MR) is 78.5 cm³/mol. The number of hydrogen-bond acceptors (Lipinski definition) is 6. The molecule has 3 heterocycles. The highest BCUT2D eigenvalue weighted by Gasteiger charge is 2.25. The Morgan fingerprint density at radius 3 is 2.95 bits per heavy atom. The van der Waals surface area contributed by atoms with E-state index >= 15 is 0 Å². The van der Waals surface area contributed by atoms with Crippen LogP contribution in [0.4, 0.5) is 0 Å². The van der Waals surface area contributed by atoms with Gasteiger partial charge in [-0.15, -0.1) is 5.10 Å². The summed E-state index contributed by atoms with van der Waals surface area (Å²) in [6.45, 7) is 1.66. The van der Waals surface area contributed by atoms with E-state index in [2.05, 4.69) is 15.3 Å². The van der Waals surface area contributed by atoms with Gasteiger partial charge >= 0.3 is 0 Å². The summed E-state index contributed by atoms with van der Waals surface area (Å²) in [5, 5.41) is 8.21. The van der Waals surface area contributed by atoms with E-state index in [9.17, 15) is 8.42 Å². The molecular formula is C13H17N5O3S. The molecule has 8 nitrogen and oxygen atoms in total. The first kappa shape index (κ1) is 14.9. The molecule has 2 aromatic rings. The average molecular weight is 323 g/mol.